The van der Waals surface area contributed by atoms with Gasteiger partial charge in [-0.15, -0.1) is 12.4 Å². The minimum Gasteiger partial charge on any atom is -0.356 e. The molecule has 112 valence electrons. The van der Waals surface area contributed by atoms with Crippen LogP contribution in [0.5, 0.6) is 0 Å². The summed E-state index contributed by atoms with van der Waals surface area (Å²) in [5, 5.41) is 2.81. The molecule has 2 amide bonds. The molecule has 1 aliphatic rings. The van der Waals surface area contributed by atoms with Gasteiger partial charge in [0.15, 0.2) is 0 Å². The highest BCUT2D eigenvalue weighted by molar-refractivity contribution is 5.85. The van der Waals surface area contributed by atoms with Gasteiger partial charge in [-0.1, -0.05) is 6.92 Å². The summed E-state index contributed by atoms with van der Waals surface area (Å²) in [7, 11) is 0. The van der Waals surface area contributed by atoms with Crippen molar-refractivity contribution < 1.29 is 9.59 Å². The van der Waals surface area contributed by atoms with Gasteiger partial charge in [0.25, 0.3) is 0 Å². The van der Waals surface area contributed by atoms with Crippen LogP contribution >= 0.6 is 12.4 Å². The third-order valence-corrected chi connectivity index (χ3v) is 3.18. The summed E-state index contributed by atoms with van der Waals surface area (Å²) in [4.78, 5) is 25.1. The van der Waals surface area contributed by atoms with Crippen molar-refractivity contribution in [3.63, 3.8) is 0 Å². The number of carbonyl (C=O) groups is 2. The number of hydrogen-bond donors (Lipinski definition) is 2. The Balaban J connectivity index is 0.00000324. The number of carbonyl (C=O) groups excluding carboxylic acids is 2. The van der Waals surface area contributed by atoms with E-state index in [0.29, 0.717) is 32.4 Å². The van der Waals surface area contributed by atoms with Crippen molar-refractivity contribution in [1.29, 1.82) is 0 Å². The predicted octanol–water partition coefficient (Wildman–Crippen LogP) is 1.05. The zero-order valence-corrected chi connectivity index (χ0v) is 12.5. The van der Waals surface area contributed by atoms with Crippen LogP contribution in [-0.4, -0.2) is 42.4 Å². The third kappa shape index (κ3) is 7.38. The van der Waals surface area contributed by atoms with Crippen LogP contribution in [0.2, 0.25) is 0 Å². The lowest BCUT2D eigenvalue weighted by atomic mass is 10.1. The van der Waals surface area contributed by atoms with E-state index in [0.717, 1.165) is 25.8 Å². The second-order valence-corrected chi connectivity index (χ2v) is 4.95. The topological polar surface area (TPSA) is 75.4 Å². The molecular weight excluding hydrogens is 266 g/mol. The summed E-state index contributed by atoms with van der Waals surface area (Å²) in [6.45, 7) is 4.21. The number of rotatable bonds is 6. The molecule has 5 nitrogen and oxygen atoms in total. The summed E-state index contributed by atoms with van der Waals surface area (Å²) in [5.41, 5.74) is 5.84. The van der Waals surface area contributed by atoms with Gasteiger partial charge >= 0.3 is 0 Å². The quantitative estimate of drug-likeness (QED) is 0.768. The standard InChI is InChI=1S/C13H25N3O2.ClH/c1-2-8-15-12(17)6-3-7-13(18)16-9-4-5-11(14)10-16;/h11H,2-10,14H2,1H3,(H,15,17);1H. The van der Waals surface area contributed by atoms with Gasteiger partial charge in [-0.25, -0.2) is 0 Å². The Morgan fingerprint density at radius 3 is 2.74 bits per heavy atom. The fraction of sp³-hybridized carbons (Fsp3) is 0.846. The summed E-state index contributed by atoms with van der Waals surface area (Å²) in [6, 6.07) is 0.121. The molecule has 1 aliphatic heterocycles. The van der Waals surface area contributed by atoms with E-state index in [1.807, 2.05) is 11.8 Å². The Morgan fingerprint density at radius 2 is 2.11 bits per heavy atom. The Labute approximate surface area is 121 Å². The first-order valence-electron chi connectivity index (χ1n) is 6.93. The lowest BCUT2D eigenvalue weighted by molar-refractivity contribution is -0.132. The smallest absolute Gasteiger partial charge is 0.222 e. The Bertz CT molecular complexity index is 287. The predicted molar refractivity (Wildman–Crippen MR) is 78.2 cm³/mol. The monoisotopic (exact) mass is 291 g/mol. The molecular formula is C13H26ClN3O2. The van der Waals surface area contributed by atoms with E-state index in [9.17, 15) is 9.59 Å². The fourth-order valence-electron chi connectivity index (χ4n) is 2.15. The van der Waals surface area contributed by atoms with Crippen molar-refractivity contribution in [3.8, 4) is 0 Å². The van der Waals surface area contributed by atoms with E-state index >= 15 is 0 Å². The number of amides is 2. The summed E-state index contributed by atoms with van der Waals surface area (Å²) in [5.74, 6) is 0.174. The highest BCUT2D eigenvalue weighted by Gasteiger charge is 2.20. The molecule has 1 unspecified atom stereocenters. The van der Waals surface area contributed by atoms with Gasteiger partial charge in [-0.05, 0) is 25.7 Å². The molecule has 1 heterocycles. The van der Waals surface area contributed by atoms with Gasteiger partial charge in [0.1, 0.15) is 0 Å². The SMILES string of the molecule is CCCNC(=O)CCCC(=O)N1CCCC(N)C1.Cl. The number of hydrogen-bond acceptors (Lipinski definition) is 3. The summed E-state index contributed by atoms with van der Waals surface area (Å²) < 4.78 is 0. The molecule has 1 fully saturated rings. The maximum Gasteiger partial charge on any atom is 0.222 e. The van der Waals surface area contributed by atoms with Gasteiger partial charge in [-0.3, -0.25) is 9.59 Å². The zero-order valence-electron chi connectivity index (χ0n) is 11.7. The summed E-state index contributed by atoms with van der Waals surface area (Å²) in [6.07, 6.45) is 4.45. The van der Waals surface area contributed by atoms with Crippen LogP contribution < -0.4 is 11.1 Å². The van der Waals surface area contributed by atoms with Crippen LogP contribution in [0.4, 0.5) is 0 Å². The average Bonchev–Trinajstić information content (AvgIpc) is 2.36. The summed E-state index contributed by atoms with van der Waals surface area (Å²) >= 11 is 0. The number of nitrogens with two attached hydrogens (primary N) is 1. The maximum absolute atomic E-state index is 11.9. The van der Waals surface area contributed by atoms with Crippen LogP contribution in [0, 0.1) is 0 Å². The largest absolute Gasteiger partial charge is 0.356 e. The molecule has 1 rings (SSSR count). The lowest BCUT2D eigenvalue weighted by Gasteiger charge is -2.30. The fourth-order valence-corrected chi connectivity index (χ4v) is 2.15. The van der Waals surface area contributed by atoms with Gasteiger partial charge in [0, 0.05) is 38.5 Å². The van der Waals surface area contributed by atoms with Crippen molar-refractivity contribution in [3.05, 3.63) is 0 Å². The minimum atomic E-state index is 0. The van der Waals surface area contributed by atoms with Crippen LogP contribution in [0.1, 0.15) is 45.4 Å². The first-order chi connectivity index (χ1) is 8.63. The highest BCUT2D eigenvalue weighted by atomic mass is 35.5. The molecule has 0 saturated carbocycles. The first kappa shape index (κ1) is 18.2. The van der Waals surface area contributed by atoms with Crippen molar-refractivity contribution in [1.82, 2.24) is 10.2 Å². The third-order valence-electron chi connectivity index (χ3n) is 3.18. The van der Waals surface area contributed by atoms with E-state index in [1.165, 1.54) is 0 Å². The van der Waals surface area contributed by atoms with Gasteiger partial charge in [-0.2, -0.15) is 0 Å². The molecule has 19 heavy (non-hydrogen) atoms. The second-order valence-electron chi connectivity index (χ2n) is 4.95. The van der Waals surface area contributed by atoms with Crippen LogP contribution in [-0.2, 0) is 9.59 Å². The normalized spacial score (nSPS) is 18.6. The van der Waals surface area contributed by atoms with E-state index in [4.69, 9.17) is 5.73 Å². The van der Waals surface area contributed by atoms with Gasteiger partial charge in [0.2, 0.25) is 11.8 Å². The van der Waals surface area contributed by atoms with E-state index < -0.39 is 0 Å². The Morgan fingerprint density at radius 1 is 1.37 bits per heavy atom. The number of likely N-dealkylation sites (tertiary alicyclic amines) is 1. The van der Waals surface area contributed by atoms with Gasteiger partial charge in [0.05, 0.1) is 0 Å². The molecule has 0 aromatic heterocycles. The molecule has 0 spiro atoms. The number of halogens is 1. The van der Waals surface area contributed by atoms with E-state index in [2.05, 4.69) is 5.32 Å². The average molecular weight is 292 g/mol. The Kier molecular flexibility index (Phi) is 9.61. The number of nitrogens with zero attached hydrogens (tertiary/aromatic N) is 1. The van der Waals surface area contributed by atoms with E-state index in [-0.39, 0.29) is 30.3 Å². The van der Waals surface area contributed by atoms with E-state index in [1.54, 1.807) is 0 Å². The van der Waals surface area contributed by atoms with Gasteiger partial charge < -0.3 is 16.0 Å². The number of piperidine rings is 1. The minimum absolute atomic E-state index is 0. The van der Waals surface area contributed by atoms with Crippen molar-refractivity contribution >= 4 is 24.2 Å². The van der Waals surface area contributed by atoms with Crippen LogP contribution in [0.15, 0.2) is 0 Å². The molecule has 0 aromatic carbocycles. The van der Waals surface area contributed by atoms with Crippen molar-refractivity contribution in [2.24, 2.45) is 5.73 Å². The molecule has 0 radical (unpaired) electrons. The zero-order chi connectivity index (χ0) is 13.4. The molecule has 1 saturated heterocycles. The maximum atomic E-state index is 11.9. The molecule has 1 atom stereocenters. The Hall–Kier alpha value is -0.810. The first-order valence-corrected chi connectivity index (χ1v) is 6.93. The highest BCUT2D eigenvalue weighted by Crippen LogP contribution is 2.10. The molecule has 6 heteroatoms. The lowest BCUT2D eigenvalue weighted by Crippen LogP contribution is -2.45. The molecule has 0 aliphatic carbocycles. The number of nitrogens with one attached hydrogen (secondary N) is 1. The molecule has 3 N–H and O–H groups in total. The molecule has 0 bridgehead atoms. The van der Waals surface area contributed by atoms with Crippen LogP contribution in [0.3, 0.4) is 0 Å². The van der Waals surface area contributed by atoms with Crippen molar-refractivity contribution in [2.45, 2.75) is 51.5 Å². The molecule has 0 aromatic rings. The van der Waals surface area contributed by atoms with Crippen molar-refractivity contribution in [2.75, 3.05) is 19.6 Å². The second kappa shape index (κ2) is 10.0. The van der Waals surface area contributed by atoms with Crippen LogP contribution in [0.25, 0.3) is 0 Å².